The van der Waals surface area contributed by atoms with Crippen molar-refractivity contribution in [3.8, 4) is 0 Å². The smallest absolute Gasteiger partial charge is 0.149 e. The molecular formula is C19H14OS2. The molecule has 22 heavy (non-hydrogen) atoms. The fourth-order valence-corrected chi connectivity index (χ4v) is 7.58. The number of hydrogen-bond donors (Lipinski definition) is 0. The van der Waals surface area contributed by atoms with Crippen molar-refractivity contribution in [3.05, 3.63) is 82.9 Å². The maximum Gasteiger partial charge on any atom is 0.149 e. The van der Waals surface area contributed by atoms with E-state index in [1.807, 2.05) is 10.8 Å². The molecule has 0 N–H and O–H groups in total. The molecule has 2 heterocycles. The average Bonchev–Trinajstić information content (AvgIpc) is 3.25. The number of rotatable bonds is 2. The molecule has 0 amide bonds. The van der Waals surface area contributed by atoms with Crippen LogP contribution in [-0.4, -0.2) is 4.86 Å². The summed E-state index contributed by atoms with van der Waals surface area (Å²) in [6.45, 7) is 0. The van der Waals surface area contributed by atoms with Crippen LogP contribution in [0, 0.1) is 0 Å². The van der Waals surface area contributed by atoms with Gasteiger partial charge in [0.25, 0.3) is 0 Å². The van der Waals surface area contributed by atoms with Crippen molar-refractivity contribution in [3.63, 3.8) is 0 Å². The SMILES string of the molecule is c1ccc(C2=C3CCC4=C(c5ccccc5)SS(=C34)O2)cc1. The van der Waals surface area contributed by atoms with Crippen LogP contribution in [0.1, 0.15) is 24.0 Å². The maximum absolute atomic E-state index is 6.35. The van der Waals surface area contributed by atoms with Crippen molar-refractivity contribution in [1.29, 1.82) is 0 Å². The van der Waals surface area contributed by atoms with E-state index in [1.54, 1.807) is 0 Å². The summed E-state index contributed by atoms with van der Waals surface area (Å²) in [6, 6.07) is 21.3. The minimum Gasteiger partial charge on any atom is -0.422 e. The normalized spacial score (nSPS) is 22.4. The van der Waals surface area contributed by atoms with Crippen LogP contribution in [0.15, 0.2) is 71.8 Å². The number of benzene rings is 2. The molecule has 0 spiro atoms. The van der Waals surface area contributed by atoms with Crippen molar-refractivity contribution >= 4 is 36.1 Å². The standard InChI is InChI=1S/C19H14OS2/c1-3-7-13(8-4-1)17-15-11-12-16-18(14-9-5-2-6-10-14)21-22(20-17)19(15)16/h1-10H,11-12H2. The average molecular weight is 322 g/mol. The van der Waals surface area contributed by atoms with Crippen LogP contribution in [0.4, 0.5) is 0 Å². The van der Waals surface area contributed by atoms with Gasteiger partial charge in [-0.3, -0.25) is 0 Å². The number of hydrogen-bond acceptors (Lipinski definition) is 2. The fraction of sp³-hybridized carbons (Fsp3) is 0.105. The van der Waals surface area contributed by atoms with Crippen LogP contribution in [-0.2, 0) is 4.18 Å². The third-order valence-electron chi connectivity index (χ3n) is 4.28. The molecule has 3 heteroatoms. The van der Waals surface area contributed by atoms with Crippen molar-refractivity contribution < 1.29 is 4.18 Å². The predicted molar refractivity (Wildman–Crippen MR) is 97.2 cm³/mol. The molecule has 2 aromatic carbocycles. The molecule has 2 aromatic rings. The fourth-order valence-electron chi connectivity index (χ4n) is 3.27. The van der Waals surface area contributed by atoms with Crippen molar-refractivity contribution in [2.45, 2.75) is 12.8 Å². The second-order valence-corrected chi connectivity index (χ2v) is 8.61. The molecule has 3 aliphatic rings. The lowest BCUT2D eigenvalue weighted by atomic mass is 10.1. The van der Waals surface area contributed by atoms with Crippen LogP contribution >= 0.6 is 20.6 Å². The Morgan fingerprint density at radius 1 is 0.773 bits per heavy atom. The lowest BCUT2D eigenvalue weighted by Gasteiger charge is -2.09. The summed E-state index contributed by atoms with van der Waals surface area (Å²) in [5.74, 6) is 1.12. The summed E-state index contributed by atoms with van der Waals surface area (Å²) in [4.78, 5) is 2.92. The summed E-state index contributed by atoms with van der Waals surface area (Å²) < 4.78 is 6.35. The summed E-state index contributed by atoms with van der Waals surface area (Å²) in [7, 11) is 1.76. The monoisotopic (exact) mass is 322 g/mol. The highest BCUT2D eigenvalue weighted by Crippen LogP contribution is 2.63. The van der Waals surface area contributed by atoms with Crippen molar-refractivity contribution in [2.75, 3.05) is 0 Å². The molecule has 1 atom stereocenters. The highest BCUT2D eigenvalue weighted by atomic mass is 33.1. The zero-order valence-electron chi connectivity index (χ0n) is 11.9. The Balaban J connectivity index is 1.61. The first kappa shape index (κ1) is 12.8. The molecule has 1 fully saturated rings. The van der Waals surface area contributed by atoms with Gasteiger partial charge in [0.2, 0.25) is 0 Å². The van der Waals surface area contributed by atoms with E-state index >= 15 is 0 Å². The molecule has 0 saturated heterocycles. The van der Waals surface area contributed by atoms with Gasteiger partial charge in [0.1, 0.15) is 5.76 Å². The van der Waals surface area contributed by atoms with Crippen LogP contribution in [0.5, 0.6) is 0 Å². The Kier molecular flexibility index (Phi) is 2.85. The first-order valence-corrected chi connectivity index (χ1v) is 9.96. The van der Waals surface area contributed by atoms with Crippen LogP contribution in [0.3, 0.4) is 0 Å². The molecule has 1 aliphatic carbocycles. The highest BCUT2D eigenvalue weighted by Gasteiger charge is 2.40. The lowest BCUT2D eigenvalue weighted by molar-refractivity contribution is 0.609. The Labute approximate surface area is 136 Å². The minimum absolute atomic E-state index is 0.142. The first-order chi connectivity index (χ1) is 10.9. The summed E-state index contributed by atoms with van der Waals surface area (Å²) >= 11 is 0. The third-order valence-corrected chi connectivity index (χ3v) is 7.88. The van der Waals surface area contributed by atoms with Crippen molar-refractivity contribution in [2.24, 2.45) is 0 Å². The van der Waals surface area contributed by atoms with Gasteiger partial charge in [0.05, 0.1) is 14.7 Å². The van der Waals surface area contributed by atoms with Gasteiger partial charge < -0.3 is 4.18 Å². The Bertz CT molecular complexity index is 789. The van der Waals surface area contributed by atoms with Gasteiger partial charge >= 0.3 is 0 Å². The molecule has 0 aromatic heterocycles. The molecule has 5 rings (SSSR count). The van der Waals surface area contributed by atoms with E-state index in [0.29, 0.717) is 0 Å². The highest BCUT2D eigenvalue weighted by molar-refractivity contribution is 8.86. The van der Waals surface area contributed by atoms with Crippen LogP contribution in [0.25, 0.3) is 10.7 Å². The largest absolute Gasteiger partial charge is 0.422 e. The quantitative estimate of drug-likeness (QED) is 0.522. The minimum atomic E-state index is -0.142. The van der Waals surface area contributed by atoms with Gasteiger partial charge in [-0.2, -0.15) is 0 Å². The summed E-state index contributed by atoms with van der Waals surface area (Å²) in [5, 5.41) is 0. The van der Waals surface area contributed by atoms with E-state index in [4.69, 9.17) is 4.18 Å². The summed E-state index contributed by atoms with van der Waals surface area (Å²) in [5.41, 5.74) is 5.53. The zero-order chi connectivity index (χ0) is 14.5. The van der Waals surface area contributed by atoms with Crippen LogP contribution < -0.4 is 0 Å². The van der Waals surface area contributed by atoms with E-state index < -0.39 is 0 Å². The van der Waals surface area contributed by atoms with E-state index in [0.717, 1.165) is 18.6 Å². The Morgan fingerprint density at radius 3 is 2.14 bits per heavy atom. The van der Waals surface area contributed by atoms with E-state index in [-0.39, 0.29) is 9.80 Å². The molecule has 0 bridgehead atoms. The van der Waals surface area contributed by atoms with Gasteiger partial charge in [-0.1, -0.05) is 60.7 Å². The van der Waals surface area contributed by atoms with Gasteiger partial charge in [-0.15, -0.1) is 0 Å². The number of allylic oxidation sites excluding steroid dienone is 2. The van der Waals surface area contributed by atoms with E-state index in [9.17, 15) is 0 Å². The molecule has 0 radical (unpaired) electrons. The molecule has 1 saturated carbocycles. The molecular weight excluding hydrogens is 308 g/mol. The van der Waals surface area contributed by atoms with Gasteiger partial charge in [0.15, 0.2) is 0 Å². The Morgan fingerprint density at radius 2 is 1.41 bits per heavy atom. The van der Waals surface area contributed by atoms with Gasteiger partial charge in [-0.25, -0.2) is 0 Å². The maximum atomic E-state index is 6.35. The summed E-state index contributed by atoms with van der Waals surface area (Å²) in [6.07, 6.45) is 2.28. The van der Waals surface area contributed by atoms with Gasteiger partial charge in [-0.05, 0) is 34.8 Å². The lowest BCUT2D eigenvalue weighted by Crippen LogP contribution is -1.93. The predicted octanol–water partition coefficient (Wildman–Crippen LogP) is 5.65. The first-order valence-electron chi connectivity index (χ1n) is 7.47. The van der Waals surface area contributed by atoms with Crippen LogP contribution in [0.2, 0.25) is 0 Å². The van der Waals surface area contributed by atoms with Gasteiger partial charge in [0, 0.05) is 16.0 Å². The molecule has 2 aliphatic heterocycles. The van der Waals surface area contributed by atoms with E-state index in [1.165, 1.54) is 32.0 Å². The topological polar surface area (TPSA) is 9.23 Å². The molecule has 108 valence electrons. The Hall–Kier alpha value is -1.71. The van der Waals surface area contributed by atoms with E-state index in [2.05, 4.69) is 60.7 Å². The second kappa shape index (κ2) is 4.90. The van der Waals surface area contributed by atoms with Crippen molar-refractivity contribution in [1.82, 2.24) is 0 Å². The third kappa shape index (κ3) is 1.79. The second-order valence-electron chi connectivity index (χ2n) is 5.58. The molecule has 1 nitrogen and oxygen atoms in total. The zero-order valence-corrected chi connectivity index (χ0v) is 13.5. The molecule has 1 unspecified atom stereocenters.